The van der Waals surface area contributed by atoms with Gasteiger partial charge in [-0.05, 0) is 36.6 Å². The van der Waals surface area contributed by atoms with E-state index >= 15 is 0 Å². The van der Waals surface area contributed by atoms with Gasteiger partial charge < -0.3 is 15.8 Å². The molecule has 0 bridgehead atoms. The third-order valence-electron chi connectivity index (χ3n) is 2.79. The molecular formula is C13H20ClFN2O2. The van der Waals surface area contributed by atoms with Gasteiger partial charge in [0.05, 0.1) is 0 Å². The van der Waals surface area contributed by atoms with E-state index in [2.05, 4.69) is 5.32 Å². The van der Waals surface area contributed by atoms with Gasteiger partial charge in [-0.25, -0.2) is 4.39 Å². The molecule has 0 spiro atoms. The van der Waals surface area contributed by atoms with Crippen molar-refractivity contribution in [3.8, 4) is 0 Å². The van der Waals surface area contributed by atoms with Crippen LogP contribution in [0.5, 0.6) is 0 Å². The smallest absolute Gasteiger partial charge is 0.250 e. The van der Waals surface area contributed by atoms with E-state index in [-0.39, 0.29) is 30.7 Å². The van der Waals surface area contributed by atoms with Gasteiger partial charge in [0, 0.05) is 20.2 Å². The van der Waals surface area contributed by atoms with Crippen LogP contribution in [0.1, 0.15) is 11.1 Å². The van der Waals surface area contributed by atoms with Crippen LogP contribution in [0.15, 0.2) is 18.2 Å². The normalized spacial score (nSPS) is 11.6. The summed E-state index contributed by atoms with van der Waals surface area (Å²) >= 11 is 0. The van der Waals surface area contributed by atoms with E-state index in [0.717, 1.165) is 11.1 Å². The molecule has 19 heavy (non-hydrogen) atoms. The summed E-state index contributed by atoms with van der Waals surface area (Å²) in [4.78, 5) is 11.6. The topological polar surface area (TPSA) is 64.3 Å². The van der Waals surface area contributed by atoms with Crippen molar-refractivity contribution < 1.29 is 13.9 Å². The number of ether oxygens (including phenoxy) is 1. The monoisotopic (exact) mass is 290 g/mol. The van der Waals surface area contributed by atoms with Crippen molar-refractivity contribution in [1.29, 1.82) is 0 Å². The number of benzene rings is 1. The number of aryl methyl sites for hydroxylation is 1. The first-order valence-electron chi connectivity index (χ1n) is 5.84. The molecule has 0 fully saturated rings. The molecule has 0 saturated heterocycles. The molecule has 0 radical (unpaired) electrons. The maximum atomic E-state index is 12.9. The molecule has 108 valence electrons. The van der Waals surface area contributed by atoms with Crippen molar-refractivity contribution >= 4 is 18.3 Å². The molecular weight excluding hydrogens is 271 g/mol. The number of halogens is 2. The summed E-state index contributed by atoms with van der Waals surface area (Å²) < 4.78 is 17.8. The number of carbonyl (C=O) groups excluding carboxylic acids is 1. The third-order valence-corrected chi connectivity index (χ3v) is 2.79. The fraction of sp³-hybridized carbons (Fsp3) is 0.462. The van der Waals surface area contributed by atoms with Gasteiger partial charge in [0.2, 0.25) is 5.91 Å². The summed E-state index contributed by atoms with van der Waals surface area (Å²) in [5, 5.41) is 2.74. The number of nitrogens with two attached hydrogens (primary N) is 1. The third kappa shape index (κ3) is 5.55. The Kier molecular flexibility index (Phi) is 8.30. The molecule has 0 aliphatic rings. The lowest BCUT2D eigenvalue weighted by Crippen LogP contribution is -2.41. The quantitative estimate of drug-likeness (QED) is 0.827. The summed E-state index contributed by atoms with van der Waals surface area (Å²) in [6, 6.07) is 4.63. The number of amides is 1. The van der Waals surface area contributed by atoms with Gasteiger partial charge >= 0.3 is 0 Å². The molecule has 4 nitrogen and oxygen atoms in total. The van der Waals surface area contributed by atoms with Gasteiger partial charge in [-0.1, -0.05) is 6.07 Å². The Labute approximate surface area is 118 Å². The maximum absolute atomic E-state index is 12.9. The van der Waals surface area contributed by atoms with Crippen molar-refractivity contribution in [3.05, 3.63) is 35.1 Å². The molecule has 0 aromatic heterocycles. The minimum atomic E-state index is -0.612. The Morgan fingerprint density at radius 3 is 2.74 bits per heavy atom. The van der Waals surface area contributed by atoms with Gasteiger partial charge in [-0.2, -0.15) is 0 Å². The zero-order valence-electron chi connectivity index (χ0n) is 11.1. The van der Waals surface area contributed by atoms with E-state index in [4.69, 9.17) is 10.5 Å². The van der Waals surface area contributed by atoms with E-state index < -0.39 is 6.10 Å². The predicted molar refractivity (Wildman–Crippen MR) is 75.0 cm³/mol. The zero-order chi connectivity index (χ0) is 13.5. The van der Waals surface area contributed by atoms with Crippen LogP contribution >= 0.6 is 12.4 Å². The molecule has 0 saturated carbocycles. The van der Waals surface area contributed by atoms with Crippen molar-refractivity contribution in [3.63, 3.8) is 0 Å². The Bertz CT molecular complexity index is 412. The second-order valence-corrected chi connectivity index (χ2v) is 4.07. The fourth-order valence-electron chi connectivity index (χ4n) is 1.68. The molecule has 0 aliphatic heterocycles. The van der Waals surface area contributed by atoms with Crippen LogP contribution < -0.4 is 11.1 Å². The van der Waals surface area contributed by atoms with Gasteiger partial charge in [-0.3, -0.25) is 4.79 Å². The van der Waals surface area contributed by atoms with Gasteiger partial charge in [0.1, 0.15) is 11.9 Å². The highest BCUT2D eigenvalue weighted by Crippen LogP contribution is 2.10. The zero-order valence-corrected chi connectivity index (χ0v) is 11.9. The van der Waals surface area contributed by atoms with Gasteiger partial charge in [0.25, 0.3) is 0 Å². The second-order valence-electron chi connectivity index (χ2n) is 4.07. The Hall–Kier alpha value is -1.17. The number of hydrogen-bond donors (Lipinski definition) is 2. The highest BCUT2D eigenvalue weighted by molar-refractivity contribution is 5.85. The summed E-state index contributed by atoms with van der Waals surface area (Å²) in [5.41, 5.74) is 7.27. The summed E-state index contributed by atoms with van der Waals surface area (Å²) in [5.74, 6) is -0.470. The SMILES string of the molecule is COC(CN)C(=O)NCCc1ccc(F)cc1C.Cl. The average molecular weight is 291 g/mol. The molecule has 1 atom stereocenters. The fourth-order valence-corrected chi connectivity index (χ4v) is 1.68. The first kappa shape index (κ1) is 17.8. The van der Waals surface area contributed by atoms with Crippen molar-refractivity contribution in [2.24, 2.45) is 5.73 Å². The van der Waals surface area contributed by atoms with Crippen LogP contribution in [-0.2, 0) is 16.0 Å². The molecule has 1 rings (SSSR count). The van der Waals surface area contributed by atoms with Crippen molar-refractivity contribution in [1.82, 2.24) is 5.32 Å². The van der Waals surface area contributed by atoms with Crippen LogP contribution in [0, 0.1) is 12.7 Å². The molecule has 1 aromatic rings. The minimum Gasteiger partial charge on any atom is -0.370 e. The Morgan fingerprint density at radius 1 is 1.53 bits per heavy atom. The van der Waals surface area contributed by atoms with E-state index in [1.165, 1.54) is 19.2 Å². The predicted octanol–water partition coefficient (Wildman–Crippen LogP) is 1.19. The lowest BCUT2D eigenvalue weighted by Gasteiger charge is -2.13. The maximum Gasteiger partial charge on any atom is 0.250 e. The van der Waals surface area contributed by atoms with Crippen LogP contribution in [0.3, 0.4) is 0 Å². The first-order valence-corrected chi connectivity index (χ1v) is 5.84. The highest BCUT2D eigenvalue weighted by atomic mass is 35.5. The first-order chi connectivity index (χ1) is 8.58. The average Bonchev–Trinajstić information content (AvgIpc) is 2.33. The molecule has 6 heteroatoms. The Morgan fingerprint density at radius 2 is 2.21 bits per heavy atom. The lowest BCUT2D eigenvalue weighted by molar-refractivity contribution is -0.130. The van der Waals surface area contributed by atoms with Crippen LogP contribution in [0.4, 0.5) is 4.39 Å². The standard InChI is InChI=1S/C13H19FN2O2.ClH/c1-9-7-11(14)4-3-10(9)5-6-16-13(17)12(8-15)18-2;/h3-4,7,12H,5-6,8,15H2,1-2H3,(H,16,17);1H. The van der Waals surface area contributed by atoms with E-state index in [1.54, 1.807) is 6.07 Å². The number of carbonyl (C=O) groups is 1. The molecule has 0 aliphatic carbocycles. The molecule has 1 aromatic carbocycles. The number of hydrogen-bond acceptors (Lipinski definition) is 3. The number of nitrogens with one attached hydrogen (secondary N) is 1. The Balaban J connectivity index is 0.00000324. The largest absolute Gasteiger partial charge is 0.370 e. The summed E-state index contributed by atoms with van der Waals surface area (Å²) in [6.07, 6.45) is 0.0399. The minimum absolute atomic E-state index is 0. The summed E-state index contributed by atoms with van der Waals surface area (Å²) in [6.45, 7) is 2.47. The van der Waals surface area contributed by atoms with Crippen molar-refractivity contribution in [2.45, 2.75) is 19.4 Å². The highest BCUT2D eigenvalue weighted by Gasteiger charge is 2.14. The number of rotatable bonds is 6. The molecule has 1 unspecified atom stereocenters. The van der Waals surface area contributed by atoms with Gasteiger partial charge in [-0.15, -0.1) is 12.4 Å². The van der Waals surface area contributed by atoms with Gasteiger partial charge in [0.15, 0.2) is 0 Å². The van der Waals surface area contributed by atoms with Crippen LogP contribution in [-0.4, -0.2) is 32.2 Å². The molecule has 1 amide bonds. The van der Waals surface area contributed by atoms with E-state index in [0.29, 0.717) is 13.0 Å². The lowest BCUT2D eigenvalue weighted by atomic mass is 10.1. The van der Waals surface area contributed by atoms with E-state index in [9.17, 15) is 9.18 Å². The van der Waals surface area contributed by atoms with Crippen molar-refractivity contribution in [2.75, 3.05) is 20.2 Å². The molecule has 0 heterocycles. The van der Waals surface area contributed by atoms with Crippen LogP contribution in [0.25, 0.3) is 0 Å². The number of methoxy groups -OCH3 is 1. The summed E-state index contributed by atoms with van der Waals surface area (Å²) in [7, 11) is 1.45. The van der Waals surface area contributed by atoms with Crippen LogP contribution in [0.2, 0.25) is 0 Å². The second kappa shape index (κ2) is 8.85. The van der Waals surface area contributed by atoms with E-state index in [1.807, 2.05) is 6.92 Å². The molecule has 3 N–H and O–H groups in total.